The molecule has 0 N–H and O–H groups in total. The SMILES string of the molecule is CCCN1CCc2c(sc3ncn4nc(COc5ccccc5)nc4c23)C1. The second-order valence-corrected chi connectivity index (χ2v) is 7.94. The van der Waals surface area contributed by atoms with Gasteiger partial charge in [-0.15, -0.1) is 16.4 Å². The molecule has 1 aliphatic rings. The van der Waals surface area contributed by atoms with Crippen molar-refractivity contribution in [2.45, 2.75) is 32.9 Å². The molecule has 0 unspecified atom stereocenters. The van der Waals surface area contributed by atoms with Crippen molar-refractivity contribution < 1.29 is 4.74 Å². The van der Waals surface area contributed by atoms with Crippen LogP contribution < -0.4 is 4.74 Å². The predicted octanol–water partition coefficient (Wildman–Crippen LogP) is 3.69. The van der Waals surface area contributed by atoms with E-state index >= 15 is 0 Å². The van der Waals surface area contributed by atoms with Crippen LogP contribution >= 0.6 is 11.3 Å². The minimum absolute atomic E-state index is 0.351. The third-order valence-electron chi connectivity index (χ3n) is 4.95. The number of nitrogens with zero attached hydrogens (tertiary/aromatic N) is 5. The van der Waals surface area contributed by atoms with Gasteiger partial charge in [-0.3, -0.25) is 4.90 Å². The Morgan fingerprint density at radius 1 is 1.22 bits per heavy atom. The van der Waals surface area contributed by atoms with Crippen LogP contribution in [0, 0.1) is 0 Å². The van der Waals surface area contributed by atoms with Gasteiger partial charge in [-0.1, -0.05) is 25.1 Å². The molecule has 5 rings (SSSR count). The molecule has 0 amide bonds. The highest BCUT2D eigenvalue weighted by molar-refractivity contribution is 7.19. The van der Waals surface area contributed by atoms with Crippen LogP contribution in [0.15, 0.2) is 36.7 Å². The van der Waals surface area contributed by atoms with Crippen LogP contribution in [0.3, 0.4) is 0 Å². The molecule has 0 fully saturated rings. The molecule has 0 atom stereocenters. The van der Waals surface area contributed by atoms with Crippen LogP contribution in [0.4, 0.5) is 0 Å². The van der Waals surface area contributed by atoms with E-state index in [1.807, 2.05) is 30.3 Å². The monoisotopic (exact) mass is 379 g/mol. The summed E-state index contributed by atoms with van der Waals surface area (Å²) in [5.41, 5.74) is 2.30. The van der Waals surface area contributed by atoms with E-state index in [-0.39, 0.29) is 0 Å². The molecule has 0 radical (unpaired) electrons. The fourth-order valence-corrected chi connectivity index (χ4v) is 4.95. The first-order valence-electron chi connectivity index (χ1n) is 9.36. The number of rotatable bonds is 5. The Morgan fingerprint density at radius 3 is 2.96 bits per heavy atom. The van der Waals surface area contributed by atoms with Gasteiger partial charge >= 0.3 is 0 Å². The minimum atomic E-state index is 0.351. The fraction of sp³-hybridized carbons (Fsp3) is 0.350. The summed E-state index contributed by atoms with van der Waals surface area (Å²) >= 11 is 1.80. The van der Waals surface area contributed by atoms with Crippen molar-refractivity contribution >= 4 is 27.2 Å². The number of fused-ring (bicyclic) bond motifs is 5. The number of thiophene rings is 1. The Balaban J connectivity index is 1.48. The lowest BCUT2D eigenvalue weighted by Crippen LogP contribution is -2.30. The zero-order chi connectivity index (χ0) is 18.2. The Bertz CT molecular complexity index is 1090. The molecule has 0 saturated carbocycles. The molecule has 7 heteroatoms. The summed E-state index contributed by atoms with van der Waals surface area (Å²) in [6, 6.07) is 9.76. The number of aromatic nitrogens is 4. The van der Waals surface area contributed by atoms with E-state index in [1.165, 1.54) is 22.2 Å². The average molecular weight is 379 g/mol. The summed E-state index contributed by atoms with van der Waals surface area (Å²) < 4.78 is 7.60. The van der Waals surface area contributed by atoms with Gasteiger partial charge < -0.3 is 4.74 Å². The molecule has 3 aromatic heterocycles. The molecule has 1 aliphatic heterocycles. The number of para-hydroxylation sites is 1. The number of benzene rings is 1. The van der Waals surface area contributed by atoms with E-state index in [0.29, 0.717) is 12.4 Å². The van der Waals surface area contributed by atoms with Crippen LogP contribution in [0.25, 0.3) is 15.9 Å². The standard InChI is InChI=1S/C20H21N5OS/c1-2-9-24-10-8-15-16(11-24)27-20-18(15)19-22-17(23-25(19)13-21-20)12-26-14-6-4-3-5-7-14/h3-7,13H,2,8-12H2,1H3. The van der Waals surface area contributed by atoms with Gasteiger partial charge in [0.2, 0.25) is 0 Å². The summed E-state index contributed by atoms with van der Waals surface area (Å²) in [5.74, 6) is 1.50. The minimum Gasteiger partial charge on any atom is -0.486 e. The van der Waals surface area contributed by atoms with Gasteiger partial charge in [0.05, 0.1) is 5.39 Å². The molecule has 0 aliphatic carbocycles. The third-order valence-corrected chi connectivity index (χ3v) is 6.08. The van der Waals surface area contributed by atoms with Gasteiger partial charge in [-0.05, 0) is 37.1 Å². The molecule has 4 aromatic rings. The molecular formula is C20H21N5OS. The Morgan fingerprint density at radius 2 is 2.11 bits per heavy atom. The first-order valence-corrected chi connectivity index (χ1v) is 10.2. The first kappa shape index (κ1) is 16.6. The average Bonchev–Trinajstić information content (AvgIpc) is 3.27. The van der Waals surface area contributed by atoms with Crippen molar-refractivity contribution in [3.8, 4) is 5.75 Å². The number of ether oxygens (including phenoxy) is 1. The lowest BCUT2D eigenvalue weighted by atomic mass is 10.1. The second-order valence-electron chi connectivity index (χ2n) is 6.85. The summed E-state index contributed by atoms with van der Waals surface area (Å²) in [5, 5.41) is 5.74. The van der Waals surface area contributed by atoms with Gasteiger partial charge in [0.25, 0.3) is 0 Å². The topological polar surface area (TPSA) is 55.6 Å². The van der Waals surface area contributed by atoms with Crippen molar-refractivity contribution in [2.75, 3.05) is 13.1 Å². The van der Waals surface area contributed by atoms with Crippen molar-refractivity contribution in [3.63, 3.8) is 0 Å². The van der Waals surface area contributed by atoms with Crippen LogP contribution in [-0.4, -0.2) is 37.6 Å². The van der Waals surface area contributed by atoms with Crippen LogP contribution in [-0.2, 0) is 19.6 Å². The maximum atomic E-state index is 5.81. The normalized spacial score (nSPS) is 14.7. The molecular weight excluding hydrogens is 358 g/mol. The van der Waals surface area contributed by atoms with Crippen LogP contribution in [0.1, 0.15) is 29.6 Å². The smallest absolute Gasteiger partial charge is 0.189 e. The third kappa shape index (κ3) is 3.07. The first-order chi connectivity index (χ1) is 13.3. The molecule has 1 aromatic carbocycles. The fourth-order valence-electron chi connectivity index (χ4n) is 3.72. The largest absolute Gasteiger partial charge is 0.486 e. The highest BCUT2D eigenvalue weighted by Gasteiger charge is 2.23. The Labute approximate surface area is 161 Å². The predicted molar refractivity (Wildman–Crippen MR) is 106 cm³/mol. The van der Waals surface area contributed by atoms with Gasteiger partial charge in [0, 0.05) is 18.0 Å². The molecule has 6 nitrogen and oxygen atoms in total. The maximum Gasteiger partial charge on any atom is 0.189 e. The van der Waals surface area contributed by atoms with E-state index in [0.717, 1.165) is 42.3 Å². The van der Waals surface area contributed by atoms with E-state index in [4.69, 9.17) is 9.72 Å². The van der Waals surface area contributed by atoms with Gasteiger partial charge in [-0.2, -0.15) is 0 Å². The molecule has 0 bridgehead atoms. The van der Waals surface area contributed by atoms with Crippen molar-refractivity contribution in [1.29, 1.82) is 0 Å². The zero-order valence-corrected chi connectivity index (χ0v) is 16.1. The second kappa shape index (κ2) is 6.90. The summed E-state index contributed by atoms with van der Waals surface area (Å²) in [6.45, 7) is 5.87. The zero-order valence-electron chi connectivity index (χ0n) is 15.3. The molecule has 4 heterocycles. The van der Waals surface area contributed by atoms with Crippen LogP contribution in [0.5, 0.6) is 5.75 Å². The van der Waals surface area contributed by atoms with Crippen molar-refractivity contribution in [2.24, 2.45) is 0 Å². The summed E-state index contributed by atoms with van der Waals surface area (Å²) in [4.78, 5) is 14.4. The quantitative estimate of drug-likeness (QED) is 0.529. The maximum absolute atomic E-state index is 5.81. The lowest BCUT2D eigenvalue weighted by molar-refractivity contribution is 0.258. The van der Waals surface area contributed by atoms with E-state index in [2.05, 4.69) is 21.9 Å². The number of hydrogen-bond donors (Lipinski definition) is 0. The highest BCUT2D eigenvalue weighted by Crippen LogP contribution is 2.35. The van der Waals surface area contributed by atoms with Crippen molar-refractivity contribution in [1.82, 2.24) is 24.5 Å². The Hall–Kier alpha value is -2.51. The summed E-state index contributed by atoms with van der Waals surface area (Å²) in [6.07, 6.45) is 4.01. The van der Waals surface area contributed by atoms with Crippen LogP contribution in [0.2, 0.25) is 0 Å². The number of hydrogen-bond acceptors (Lipinski definition) is 6. The molecule has 0 spiro atoms. The van der Waals surface area contributed by atoms with E-state index in [9.17, 15) is 0 Å². The molecule has 0 saturated heterocycles. The lowest BCUT2D eigenvalue weighted by Gasteiger charge is -2.26. The Kier molecular flexibility index (Phi) is 4.26. The highest BCUT2D eigenvalue weighted by atomic mass is 32.1. The van der Waals surface area contributed by atoms with Crippen molar-refractivity contribution in [3.05, 3.63) is 52.9 Å². The molecule has 138 valence electrons. The van der Waals surface area contributed by atoms with E-state index < -0.39 is 0 Å². The van der Waals surface area contributed by atoms with Gasteiger partial charge in [-0.25, -0.2) is 14.5 Å². The van der Waals surface area contributed by atoms with Gasteiger partial charge in [0.1, 0.15) is 23.5 Å². The molecule has 27 heavy (non-hydrogen) atoms. The summed E-state index contributed by atoms with van der Waals surface area (Å²) in [7, 11) is 0. The van der Waals surface area contributed by atoms with E-state index in [1.54, 1.807) is 22.2 Å². The van der Waals surface area contributed by atoms with Gasteiger partial charge in [0.15, 0.2) is 11.5 Å².